The van der Waals surface area contributed by atoms with E-state index in [0.29, 0.717) is 0 Å². The molecule has 2 fully saturated rings. The predicted octanol–water partition coefficient (Wildman–Crippen LogP) is 6.44. The molecule has 0 aromatic heterocycles. The van der Waals surface area contributed by atoms with E-state index in [2.05, 4.69) is 73.5 Å². The van der Waals surface area contributed by atoms with E-state index < -0.39 is 0 Å². The van der Waals surface area contributed by atoms with E-state index in [-0.39, 0.29) is 11.1 Å². The lowest BCUT2D eigenvalue weighted by Crippen LogP contribution is -2.50. The van der Waals surface area contributed by atoms with Crippen LogP contribution < -0.4 is 5.32 Å². The first-order valence-electron chi connectivity index (χ1n) is 10.0. The van der Waals surface area contributed by atoms with Crippen LogP contribution in [0.5, 0.6) is 0 Å². The van der Waals surface area contributed by atoms with Crippen molar-refractivity contribution < 1.29 is 0 Å². The summed E-state index contributed by atoms with van der Waals surface area (Å²) in [5, 5.41) is 4.16. The second-order valence-corrected chi connectivity index (χ2v) is 7.83. The summed E-state index contributed by atoms with van der Waals surface area (Å²) in [5.41, 5.74) is 2.90. The third-order valence-corrected chi connectivity index (χ3v) is 6.21. The minimum absolute atomic E-state index is 0.0608. The highest BCUT2D eigenvalue weighted by molar-refractivity contribution is 5.37. The average molecular weight is 336 g/mol. The molecule has 0 spiro atoms. The van der Waals surface area contributed by atoms with Crippen molar-refractivity contribution in [2.75, 3.05) is 0 Å². The van der Waals surface area contributed by atoms with Gasteiger partial charge in [-0.1, -0.05) is 93.3 Å². The molecule has 0 aliphatic carbocycles. The topological polar surface area (TPSA) is 12.0 Å². The maximum Gasteiger partial charge on any atom is 0.0442 e. The highest BCUT2D eigenvalue weighted by Crippen LogP contribution is 2.47. The van der Waals surface area contributed by atoms with Crippen molar-refractivity contribution in [1.82, 2.24) is 5.32 Å². The molecule has 0 saturated carbocycles. The Morgan fingerprint density at radius 2 is 1.64 bits per heavy atom. The summed E-state index contributed by atoms with van der Waals surface area (Å²) in [6.07, 6.45) is 20.1. The van der Waals surface area contributed by atoms with Crippen molar-refractivity contribution in [3.05, 3.63) is 72.4 Å². The van der Waals surface area contributed by atoms with Gasteiger partial charge in [-0.2, -0.15) is 0 Å². The summed E-state index contributed by atoms with van der Waals surface area (Å²) in [4.78, 5) is 0. The molecule has 1 heteroatoms. The number of hydrogen-bond donors (Lipinski definition) is 1. The van der Waals surface area contributed by atoms with Crippen LogP contribution in [0.15, 0.2) is 66.8 Å². The quantitative estimate of drug-likeness (QED) is 0.625. The fraction of sp³-hybridized carbons (Fsp3) is 0.500. The molecule has 134 valence electrons. The molecular formula is C24H33N. The molecule has 1 aromatic rings. The van der Waals surface area contributed by atoms with Crippen LogP contribution in [0.3, 0.4) is 0 Å². The Balaban J connectivity index is 1.93. The number of allylic oxidation sites excluding steroid dienone is 3. The van der Waals surface area contributed by atoms with E-state index in [1.165, 1.54) is 68.9 Å². The fourth-order valence-electron chi connectivity index (χ4n) is 4.73. The normalized spacial score (nSPS) is 30.8. The monoisotopic (exact) mass is 335 g/mol. The van der Waals surface area contributed by atoms with Gasteiger partial charge in [0.1, 0.15) is 0 Å². The third-order valence-electron chi connectivity index (χ3n) is 6.21. The minimum atomic E-state index is 0.0608. The molecular weight excluding hydrogens is 302 g/mol. The lowest BCUT2D eigenvalue weighted by atomic mass is 9.83. The average Bonchev–Trinajstić information content (AvgIpc) is 3.02. The molecule has 2 unspecified atom stereocenters. The Hall–Kier alpha value is -1.60. The smallest absolute Gasteiger partial charge is 0.0442 e. The highest BCUT2D eigenvalue weighted by Gasteiger charge is 2.48. The van der Waals surface area contributed by atoms with Crippen molar-refractivity contribution >= 4 is 0 Å². The van der Waals surface area contributed by atoms with Gasteiger partial charge in [-0.05, 0) is 43.7 Å². The summed E-state index contributed by atoms with van der Waals surface area (Å²) in [5.74, 6) is 0. The molecule has 0 radical (unpaired) electrons. The van der Waals surface area contributed by atoms with E-state index in [4.69, 9.17) is 0 Å². The summed E-state index contributed by atoms with van der Waals surface area (Å²) in [6.45, 7) is 6.55. The van der Waals surface area contributed by atoms with Crippen LogP contribution in [0.25, 0.3) is 0 Å². The van der Waals surface area contributed by atoms with Gasteiger partial charge in [0.25, 0.3) is 0 Å². The summed E-state index contributed by atoms with van der Waals surface area (Å²) < 4.78 is 0. The lowest BCUT2D eigenvalue weighted by molar-refractivity contribution is 0.276. The Morgan fingerprint density at radius 3 is 2.40 bits per heavy atom. The number of nitrogens with one attached hydrogen (secondary N) is 1. The largest absolute Gasteiger partial charge is 0.298 e. The molecule has 1 aromatic carbocycles. The second kappa shape index (κ2) is 8.19. The Bertz CT molecular complexity index is 627. The van der Waals surface area contributed by atoms with Gasteiger partial charge in [0.15, 0.2) is 0 Å². The maximum absolute atomic E-state index is 4.49. The number of benzene rings is 1. The van der Waals surface area contributed by atoms with Crippen LogP contribution in [0.1, 0.15) is 70.3 Å². The molecule has 3 rings (SSSR count). The molecule has 1 nitrogen and oxygen atoms in total. The predicted molar refractivity (Wildman–Crippen MR) is 109 cm³/mol. The highest BCUT2D eigenvalue weighted by atomic mass is 15.1. The molecule has 2 bridgehead atoms. The summed E-state index contributed by atoms with van der Waals surface area (Å²) in [7, 11) is 0. The molecule has 25 heavy (non-hydrogen) atoms. The summed E-state index contributed by atoms with van der Waals surface area (Å²) >= 11 is 0. The zero-order valence-electron chi connectivity index (χ0n) is 15.8. The molecule has 0 amide bonds. The van der Waals surface area contributed by atoms with Crippen molar-refractivity contribution in [3.63, 3.8) is 0 Å². The van der Waals surface area contributed by atoms with Crippen molar-refractivity contribution in [1.29, 1.82) is 0 Å². The first-order chi connectivity index (χ1) is 12.2. The Kier molecular flexibility index (Phi) is 5.96. The molecule has 1 N–H and O–H groups in total. The summed E-state index contributed by atoms with van der Waals surface area (Å²) in [6, 6.07) is 11.1. The Morgan fingerprint density at radius 1 is 0.920 bits per heavy atom. The van der Waals surface area contributed by atoms with E-state index in [9.17, 15) is 0 Å². The van der Waals surface area contributed by atoms with Crippen molar-refractivity contribution in [2.24, 2.45) is 0 Å². The molecule has 2 aliphatic rings. The van der Waals surface area contributed by atoms with Crippen LogP contribution >= 0.6 is 0 Å². The van der Waals surface area contributed by atoms with Gasteiger partial charge in [-0.25, -0.2) is 0 Å². The van der Waals surface area contributed by atoms with Gasteiger partial charge in [-0.3, -0.25) is 5.32 Å². The van der Waals surface area contributed by atoms with E-state index in [1.807, 2.05) is 0 Å². The van der Waals surface area contributed by atoms with E-state index in [1.54, 1.807) is 0 Å². The van der Waals surface area contributed by atoms with Crippen LogP contribution in [0.2, 0.25) is 0 Å². The first kappa shape index (κ1) is 18.2. The van der Waals surface area contributed by atoms with E-state index >= 15 is 0 Å². The zero-order valence-corrected chi connectivity index (χ0v) is 15.8. The van der Waals surface area contributed by atoms with E-state index in [0.717, 1.165) is 0 Å². The molecule has 2 atom stereocenters. The van der Waals surface area contributed by atoms with Gasteiger partial charge in [-0.15, -0.1) is 0 Å². The van der Waals surface area contributed by atoms with Crippen LogP contribution in [-0.4, -0.2) is 5.54 Å². The van der Waals surface area contributed by atoms with Gasteiger partial charge >= 0.3 is 0 Å². The minimum Gasteiger partial charge on any atom is -0.298 e. The number of hydrogen-bond acceptors (Lipinski definition) is 1. The fourth-order valence-corrected chi connectivity index (χ4v) is 4.73. The van der Waals surface area contributed by atoms with Crippen LogP contribution in [0.4, 0.5) is 0 Å². The van der Waals surface area contributed by atoms with Gasteiger partial charge in [0.2, 0.25) is 0 Å². The van der Waals surface area contributed by atoms with Crippen LogP contribution in [-0.2, 0) is 5.54 Å². The van der Waals surface area contributed by atoms with Gasteiger partial charge < -0.3 is 0 Å². The third kappa shape index (κ3) is 3.98. The van der Waals surface area contributed by atoms with Crippen LogP contribution in [0, 0.1) is 0 Å². The number of fused-ring (bicyclic) bond motifs is 2. The lowest BCUT2D eigenvalue weighted by Gasteiger charge is -2.38. The van der Waals surface area contributed by atoms with Gasteiger partial charge in [0.05, 0.1) is 0 Å². The number of rotatable bonds is 4. The maximum atomic E-state index is 4.49. The van der Waals surface area contributed by atoms with Crippen molar-refractivity contribution in [2.45, 2.75) is 75.8 Å². The Labute approximate surface area is 153 Å². The molecule has 2 heterocycles. The second-order valence-electron chi connectivity index (χ2n) is 7.83. The zero-order chi connectivity index (χ0) is 17.6. The van der Waals surface area contributed by atoms with Crippen molar-refractivity contribution in [3.8, 4) is 0 Å². The molecule has 2 saturated heterocycles. The molecule has 2 aliphatic heterocycles. The van der Waals surface area contributed by atoms with Gasteiger partial charge in [0, 0.05) is 11.1 Å². The first-order valence-corrected chi connectivity index (χ1v) is 10.0. The standard InChI is InChI=1S/C24H33N/c1-3-4-9-14-21(2)23-17-12-6-5-7-13-18-24(25-23,20-19-23)22-15-10-8-11-16-22/h3-4,8-11,14-16,25H,2,5-7,12-13,17-20H2,1H3/b4-3-,14-9-. The SMILES string of the molecule is C=C(/C=C\C=C/C)C12CCCCCCCC(c3ccccc3)(CC1)N2.